The van der Waals surface area contributed by atoms with Crippen LogP contribution in [0.5, 0.6) is 0 Å². The maximum atomic E-state index is 10.7. The quantitative estimate of drug-likeness (QED) is 0.676. The Morgan fingerprint density at radius 2 is 2.05 bits per heavy atom. The number of carboxylic acid groups (broad SMARTS) is 1. The van der Waals surface area contributed by atoms with Gasteiger partial charge in [-0.15, -0.1) is 11.3 Å². The summed E-state index contributed by atoms with van der Waals surface area (Å²) >= 11 is 6.93. The highest BCUT2D eigenvalue weighted by atomic mass is 35.5. The van der Waals surface area contributed by atoms with Crippen molar-refractivity contribution in [3.05, 3.63) is 56.7 Å². The van der Waals surface area contributed by atoms with E-state index in [4.69, 9.17) is 21.5 Å². The Hall–Kier alpha value is -1.85. The molecule has 6 heteroatoms. The van der Waals surface area contributed by atoms with Gasteiger partial charge in [0.05, 0.1) is 6.21 Å². The van der Waals surface area contributed by atoms with Gasteiger partial charge in [-0.1, -0.05) is 28.9 Å². The van der Waals surface area contributed by atoms with Crippen LogP contribution in [0.4, 0.5) is 0 Å². The van der Waals surface area contributed by atoms with Gasteiger partial charge in [0.1, 0.15) is 4.88 Å². The molecule has 2 rings (SSSR count). The highest BCUT2D eigenvalue weighted by Gasteiger charge is 2.06. The van der Waals surface area contributed by atoms with E-state index < -0.39 is 5.97 Å². The van der Waals surface area contributed by atoms with E-state index in [1.165, 1.54) is 11.3 Å². The lowest BCUT2D eigenvalue weighted by atomic mass is 10.2. The minimum absolute atomic E-state index is 0.252. The average molecular weight is 296 g/mol. The highest BCUT2D eigenvalue weighted by Crippen LogP contribution is 2.17. The van der Waals surface area contributed by atoms with Gasteiger partial charge in [-0.05, 0) is 29.8 Å². The van der Waals surface area contributed by atoms with E-state index in [-0.39, 0.29) is 6.61 Å². The smallest absolute Gasteiger partial charge is 0.345 e. The molecule has 0 radical (unpaired) electrons. The Balaban J connectivity index is 1.85. The Morgan fingerprint density at radius 3 is 2.68 bits per heavy atom. The zero-order valence-corrected chi connectivity index (χ0v) is 11.3. The lowest BCUT2D eigenvalue weighted by Crippen LogP contribution is -1.89. The predicted molar refractivity (Wildman–Crippen MR) is 75.1 cm³/mol. The Kier molecular flexibility index (Phi) is 4.54. The molecule has 0 amide bonds. The SMILES string of the molecule is O=C(O)c1ccc(CO/N=C/c2ccc(Cl)cc2)s1. The summed E-state index contributed by atoms with van der Waals surface area (Å²) in [7, 11) is 0. The minimum Gasteiger partial charge on any atom is -0.477 e. The summed E-state index contributed by atoms with van der Waals surface area (Å²) in [5.74, 6) is -0.930. The fourth-order valence-corrected chi connectivity index (χ4v) is 2.20. The summed E-state index contributed by atoms with van der Waals surface area (Å²) < 4.78 is 0. The molecule has 1 N–H and O–H groups in total. The first-order chi connectivity index (χ1) is 9.15. The number of halogens is 1. The summed E-state index contributed by atoms with van der Waals surface area (Å²) in [5, 5.41) is 13.2. The number of hydrogen-bond acceptors (Lipinski definition) is 4. The van der Waals surface area contributed by atoms with Crippen LogP contribution in [0.15, 0.2) is 41.6 Å². The molecule has 0 bridgehead atoms. The van der Waals surface area contributed by atoms with Crippen LogP contribution in [0, 0.1) is 0 Å². The molecular formula is C13H10ClNO3S. The van der Waals surface area contributed by atoms with E-state index in [2.05, 4.69) is 5.16 Å². The van der Waals surface area contributed by atoms with Crippen LogP contribution in [-0.4, -0.2) is 17.3 Å². The van der Waals surface area contributed by atoms with Gasteiger partial charge < -0.3 is 9.94 Å². The zero-order chi connectivity index (χ0) is 13.7. The molecule has 0 saturated carbocycles. The molecule has 4 nitrogen and oxygen atoms in total. The average Bonchev–Trinajstić information content (AvgIpc) is 2.86. The molecule has 0 fully saturated rings. The molecule has 0 aliphatic rings. The fraction of sp³-hybridized carbons (Fsp3) is 0.0769. The van der Waals surface area contributed by atoms with Gasteiger partial charge in [0.25, 0.3) is 0 Å². The third-order valence-corrected chi connectivity index (χ3v) is 3.52. The summed E-state index contributed by atoms with van der Waals surface area (Å²) in [4.78, 5) is 16.9. The highest BCUT2D eigenvalue weighted by molar-refractivity contribution is 7.13. The van der Waals surface area contributed by atoms with Crippen LogP contribution in [0.3, 0.4) is 0 Å². The number of thiophene rings is 1. The van der Waals surface area contributed by atoms with E-state index in [0.717, 1.165) is 10.4 Å². The van der Waals surface area contributed by atoms with Crippen molar-refractivity contribution < 1.29 is 14.7 Å². The molecule has 0 aliphatic heterocycles. The van der Waals surface area contributed by atoms with Gasteiger partial charge in [-0.25, -0.2) is 4.79 Å². The van der Waals surface area contributed by atoms with Crippen LogP contribution in [0.1, 0.15) is 20.1 Å². The van der Waals surface area contributed by atoms with Crippen LogP contribution in [0.2, 0.25) is 5.02 Å². The first-order valence-electron chi connectivity index (χ1n) is 5.38. The van der Waals surface area contributed by atoms with Crippen molar-refractivity contribution >= 4 is 35.1 Å². The van der Waals surface area contributed by atoms with E-state index in [1.807, 2.05) is 12.1 Å². The monoisotopic (exact) mass is 295 g/mol. The number of carbonyl (C=O) groups is 1. The molecule has 1 aromatic carbocycles. The number of oxime groups is 1. The topological polar surface area (TPSA) is 58.9 Å². The molecule has 0 spiro atoms. The van der Waals surface area contributed by atoms with Crippen molar-refractivity contribution in [3.63, 3.8) is 0 Å². The first kappa shape index (κ1) is 13.6. The van der Waals surface area contributed by atoms with Crippen molar-refractivity contribution in [3.8, 4) is 0 Å². The van der Waals surface area contributed by atoms with Crippen LogP contribution in [-0.2, 0) is 11.4 Å². The lowest BCUT2D eigenvalue weighted by Gasteiger charge is -1.96. The zero-order valence-electron chi connectivity index (χ0n) is 9.75. The van der Waals surface area contributed by atoms with Gasteiger partial charge in [-0.2, -0.15) is 0 Å². The normalized spacial score (nSPS) is 10.8. The van der Waals surface area contributed by atoms with Crippen molar-refractivity contribution in [2.45, 2.75) is 6.61 Å². The molecule has 0 unspecified atom stereocenters. The maximum absolute atomic E-state index is 10.7. The number of benzene rings is 1. The van der Waals surface area contributed by atoms with Crippen molar-refractivity contribution in [1.82, 2.24) is 0 Å². The molecule has 19 heavy (non-hydrogen) atoms. The predicted octanol–water partition coefficient (Wildman–Crippen LogP) is 3.65. The Bertz CT molecular complexity index is 592. The standard InChI is InChI=1S/C13H10ClNO3S/c14-10-3-1-9(2-4-10)7-15-18-8-11-5-6-12(19-11)13(16)17/h1-7H,8H2,(H,16,17)/b15-7+. The summed E-state index contributed by atoms with van der Waals surface area (Å²) in [6.45, 7) is 0.252. The molecule has 1 aromatic heterocycles. The number of aromatic carboxylic acids is 1. The summed E-state index contributed by atoms with van der Waals surface area (Å²) in [6, 6.07) is 10.4. The van der Waals surface area contributed by atoms with E-state index >= 15 is 0 Å². The molecule has 2 aromatic rings. The third-order valence-electron chi connectivity index (χ3n) is 2.23. The van der Waals surface area contributed by atoms with Gasteiger partial charge >= 0.3 is 5.97 Å². The van der Waals surface area contributed by atoms with E-state index in [0.29, 0.717) is 9.90 Å². The second-order valence-electron chi connectivity index (χ2n) is 3.63. The first-order valence-corrected chi connectivity index (χ1v) is 6.57. The third kappa shape index (κ3) is 4.08. The van der Waals surface area contributed by atoms with Crippen LogP contribution in [0.25, 0.3) is 0 Å². The van der Waals surface area contributed by atoms with Gasteiger partial charge in [0, 0.05) is 9.90 Å². The second kappa shape index (κ2) is 6.36. The lowest BCUT2D eigenvalue weighted by molar-refractivity contribution is 0.0702. The second-order valence-corrected chi connectivity index (χ2v) is 5.24. The molecule has 0 saturated heterocycles. The van der Waals surface area contributed by atoms with Gasteiger partial charge in [-0.3, -0.25) is 0 Å². The number of rotatable bonds is 5. The van der Waals surface area contributed by atoms with Crippen molar-refractivity contribution in [1.29, 1.82) is 0 Å². The molecule has 1 heterocycles. The van der Waals surface area contributed by atoms with Gasteiger partial charge in [0.2, 0.25) is 0 Å². The number of hydrogen-bond donors (Lipinski definition) is 1. The molecule has 0 aliphatic carbocycles. The largest absolute Gasteiger partial charge is 0.477 e. The van der Waals surface area contributed by atoms with Crippen LogP contribution >= 0.6 is 22.9 Å². The maximum Gasteiger partial charge on any atom is 0.345 e. The number of nitrogens with zero attached hydrogens (tertiary/aromatic N) is 1. The van der Waals surface area contributed by atoms with Crippen molar-refractivity contribution in [2.24, 2.45) is 5.16 Å². The van der Waals surface area contributed by atoms with E-state index in [1.54, 1.807) is 30.5 Å². The fourth-order valence-electron chi connectivity index (χ4n) is 1.32. The Morgan fingerprint density at radius 1 is 1.32 bits per heavy atom. The minimum atomic E-state index is -0.930. The molecular weight excluding hydrogens is 286 g/mol. The Labute approximate surface area is 118 Å². The summed E-state index contributed by atoms with van der Waals surface area (Å²) in [5.41, 5.74) is 0.877. The van der Waals surface area contributed by atoms with Crippen LogP contribution < -0.4 is 0 Å². The number of carboxylic acids is 1. The van der Waals surface area contributed by atoms with E-state index in [9.17, 15) is 4.79 Å². The van der Waals surface area contributed by atoms with Gasteiger partial charge in [0.15, 0.2) is 6.61 Å². The molecule has 98 valence electrons. The molecule has 0 atom stereocenters. The van der Waals surface area contributed by atoms with Crippen molar-refractivity contribution in [2.75, 3.05) is 0 Å². The summed E-state index contributed by atoms with van der Waals surface area (Å²) in [6.07, 6.45) is 1.57.